The molecule has 1 unspecified atom stereocenters. The molecule has 2 N–H and O–H groups in total. The maximum absolute atomic E-state index is 12.0. The van der Waals surface area contributed by atoms with E-state index in [2.05, 4.69) is 10.6 Å². The molecular weight excluding hydrogens is 310 g/mol. The van der Waals surface area contributed by atoms with Crippen molar-refractivity contribution in [2.75, 3.05) is 33.1 Å². The molecule has 0 saturated carbocycles. The number of nitrogens with zero attached hydrogens (tertiary/aromatic N) is 1. The molecule has 7 heteroatoms. The number of methoxy groups -OCH3 is 1. The average molecular weight is 331 g/mol. The van der Waals surface area contributed by atoms with E-state index < -0.39 is 11.8 Å². The van der Waals surface area contributed by atoms with E-state index in [1.54, 1.807) is 36.6 Å². The number of carbonyl (C=O) groups excluding carboxylic acids is 2. The van der Waals surface area contributed by atoms with Crippen molar-refractivity contribution < 1.29 is 18.7 Å². The standard InChI is InChI=1S/C17H21N3O4/c1-20(2)14(15-8-5-9-24-15)11-18-16(21)17(22)19-12-6-4-7-13(10-12)23-3/h4-10,14H,11H2,1-3H3,(H,18,21)(H,19,22). The average Bonchev–Trinajstić information content (AvgIpc) is 3.08. The van der Waals surface area contributed by atoms with Gasteiger partial charge in [-0.3, -0.25) is 14.5 Å². The van der Waals surface area contributed by atoms with Crippen molar-refractivity contribution in [1.29, 1.82) is 0 Å². The number of amides is 2. The first-order valence-corrected chi connectivity index (χ1v) is 7.44. The molecule has 1 heterocycles. The second kappa shape index (κ2) is 8.16. The number of likely N-dealkylation sites (N-methyl/N-ethyl adjacent to an activating group) is 1. The van der Waals surface area contributed by atoms with Gasteiger partial charge in [0.2, 0.25) is 0 Å². The fourth-order valence-electron chi connectivity index (χ4n) is 2.18. The van der Waals surface area contributed by atoms with Gasteiger partial charge in [-0.15, -0.1) is 0 Å². The van der Waals surface area contributed by atoms with Crippen molar-refractivity contribution in [2.24, 2.45) is 0 Å². The topological polar surface area (TPSA) is 83.8 Å². The molecule has 1 aromatic carbocycles. The van der Waals surface area contributed by atoms with Gasteiger partial charge in [-0.2, -0.15) is 0 Å². The molecule has 0 saturated heterocycles. The van der Waals surface area contributed by atoms with Crippen molar-refractivity contribution in [1.82, 2.24) is 10.2 Å². The summed E-state index contributed by atoms with van der Waals surface area (Å²) in [5.41, 5.74) is 0.490. The lowest BCUT2D eigenvalue weighted by atomic mass is 10.2. The van der Waals surface area contributed by atoms with Crippen LogP contribution < -0.4 is 15.4 Å². The van der Waals surface area contributed by atoms with E-state index in [1.165, 1.54) is 7.11 Å². The van der Waals surface area contributed by atoms with E-state index in [-0.39, 0.29) is 12.6 Å². The molecule has 0 bridgehead atoms. The van der Waals surface area contributed by atoms with E-state index in [0.717, 1.165) is 0 Å². The summed E-state index contributed by atoms with van der Waals surface area (Å²) in [6.07, 6.45) is 1.57. The molecule has 2 rings (SSSR count). The molecule has 1 atom stereocenters. The Balaban J connectivity index is 1.92. The van der Waals surface area contributed by atoms with Crippen LogP contribution in [-0.4, -0.2) is 44.5 Å². The third-order valence-corrected chi connectivity index (χ3v) is 3.48. The summed E-state index contributed by atoms with van der Waals surface area (Å²) < 4.78 is 10.4. The maximum atomic E-state index is 12.0. The fourth-order valence-corrected chi connectivity index (χ4v) is 2.18. The van der Waals surface area contributed by atoms with Gasteiger partial charge in [0.1, 0.15) is 11.5 Å². The van der Waals surface area contributed by atoms with Crippen molar-refractivity contribution in [2.45, 2.75) is 6.04 Å². The first kappa shape index (κ1) is 17.6. The highest BCUT2D eigenvalue weighted by Crippen LogP contribution is 2.18. The van der Waals surface area contributed by atoms with Crippen LogP contribution in [0.15, 0.2) is 47.1 Å². The molecule has 0 fully saturated rings. The Bertz CT molecular complexity index is 683. The number of ether oxygens (including phenoxy) is 1. The van der Waals surface area contributed by atoms with Crippen molar-refractivity contribution in [3.8, 4) is 5.75 Å². The molecule has 24 heavy (non-hydrogen) atoms. The quantitative estimate of drug-likeness (QED) is 0.786. The molecule has 1 aromatic heterocycles. The van der Waals surface area contributed by atoms with Gasteiger partial charge in [-0.1, -0.05) is 6.07 Å². The summed E-state index contributed by atoms with van der Waals surface area (Å²) in [7, 11) is 5.27. The Labute approximate surface area is 140 Å². The smallest absolute Gasteiger partial charge is 0.313 e. The normalized spacial score (nSPS) is 11.8. The molecule has 0 radical (unpaired) electrons. The Morgan fingerprint density at radius 1 is 1.21 bits per heavy atom. The van der Waals surface area contributed by atoms with E-state index in [9.17, 15) is 9.59 Å². The van der Waals surface area contributed by atoms with E-state index >= 15 is 0 Å². The van der Waals surface area contributed by atoms with Crippen LogP contribution in [0, 0.1) is 0 Å². The number of furan rings is 1. The van der Waals surface area contributed by atoms with Crippen LogP contribution >= 0.6 is 0 Å². The van der Waals surface area contributed by atoms with Gasteiger partial charge >= 0.3 is 11.8 Å². The van der Waals surface area contributed by atoms with Gasteiger partial charge in [0.05, 0.1) is 19.4 Å². The number of anilines is 1. The highest BCUT2D eigenvalue weighted by Gasteiger charge is 2.20. The molecule has 0 aliphatic rings. The monoisotopic (exact) mass is 331 g/mol. The Morgan fingerprint density at radius 2 is 2.00 bits per heavy atom. The lowest BCUT2D eigenvalue weighted by molar-refractivity contribution is -0.136. The second-order valence-corrected chi connectivity index (χ2v) is 5.39. The Kier molecular flexibility index (Phi) is 5.97. The Hall–Kier alpha value is -2.80. The van der Waals surface area contributed by atoms with E-state index in [4.69, 9.17) is 9.15 Å². The number of benzene rings is 1. The molecule has 0 spiro atoms. The van der Waals surface area contributed by atoms with Gasteiger partial charge in [-0.25, -0.2) is 0 Å². The highest BCUT2D eigenvalue weighted by atomic mass is 16.5. The minimum absolute atomic E-state index is 0.159. The third-order valence-electron chi connectivity index (χ3n) is 3.48. The van der Waals surface area contributed by atoms with Crippen molar-refractivity contribution in [3.05, 3.63) is 48.4 Å². The van der Waals surface area contributed by atoms with Crippen LogP contribution in [0.25, 0.3) is 0 Å². The molecule has 2 amide bonds. The maximum Gasteiger partial charge on any atom is 0.313 e. The largest absolute Gasteiger partial charge is 0.497 e. The minimum Gasteiger partial charge on any atom is -0.497 e. The van der Waals surface area contributed by atoms with Gasteiger partial charge in [0, 0.05) is 18.3 Å². The molecule has 0 aliphatic carbocycles. The van der Waals surface area contributed by atoms with Crippen LogP contribution in [0.2, 0.25) is 0 Å². The predicted octanol–water partition coefficient (Wildman–Crippen LogP) is 1.65. The van der Waals surface area contributed by atoms with Gasteiger partial charge < -0.3 is 19.8 Å². The summed E-state index contributed by atoms with van der Waals surface area (Å²) in [6.45, 7) is 0.255. The first-order valence-electron chi connectivity index (χ1n) is 7.44. The van der Waals surface area contributed by atoms with E-state index in [0.29, 0.717) is 17.2 Å². The summed E-state index contributed by atoms with van der Waals surface area (Å²) in [5.74, 6) is -0.136. The van der Waals surface area contributed by atoms with Gasteiger partial charge in [0.15, 0.2) is 0 Å². The summed E-state index contributed by atoms with van der Waals surface area (Å²) in [6, 6.07) is 10.2. The Morgan fingerprint density at radius 3 is 2.62 bits per heavy atom. The molecule has 2 aromatic rings. The SMILES string of the molecule is COc1cccc(NC(=O)C(=O)NCC(c2ccco2)N(C)C)c1. The van der Waals surface area contributed by atoms with Crippen LogP contribution in [0.4, 0.5) is 5.69 Å². The van der Waals surface area contributed by atoms with Crippen molar-refractivity contribution in [3.63, 3.8) is 0 Å². The predicted molar refractivity (Wildman–Crippen MR) is 89.8 cm³/mol. The third kappa shape index (κ3) is 4.60. The number of rotatable bonds is 6. The fraction of sp³-hybridized carbons (Fsp3) is 0.294. The zero-order chi connectivity index (χ0) is 17.5. The van der Waals surface area contributed by atoms with Crippen LogP contribution in [0.5, 0.6) is 5.75 Å². The van der Waals surface area contributed by atoms with Crippen LogP contribution in [-0.2, 0) is 9.59 Å². The lowest BCUT2D eigenvalue weighted by Gasteiger charge is -2.22. The van der Waals surface area contributed by atoms with E-state index in [1.807, 2.05) is 25.1 Å². The van der Waals surface area contributed by atoms with Gasteiger partial charge in [-0.05, 0) is 38.4 Å². The highest BCUT2D eigenvalue weighted by molar-refractivity contribution is 6.39. The number of nitrogens with one attached hydrogen (secondary N) is 2. The zero-order valence-electron chi connectivity index (χ0n) is 13.9. The van der Waals surface area contributed by atoms with Crippen LogP contribution in [0.3, 0.4) is 0 Å². The minimum atomic E-state index is -0.736. The van der Waals surface area contributed by atoms with Crippen LogP contribution in [0.1, 0.15) is 11.8 Å². The molecule has 128 valence electrons. The second-order valence-electron chi connectivity index (χ2n) is 5.39. The van der Waals surface area contributed by atoms with Gasteiger partial charge in [0.25, 0.3) is 0 Å². The summed E-state index contributed by atoms with van der Waals surface area (Å²) in [4.78, 5) is 25.9. The number of hydrogen-bond donors (Lipinski definition) is 2. The van der Waals surface area contributed by atoms with Crippen molar-refractivity contribution >= 4 is 17.5 Å². The summed E-state index contributed by atoms with van der Waals surface area (Å²) in [5, 5.41) is 5.15. The number of hydrogen-bond acceptors (Lipinski definition) is 5. The lowest BCUT2D eigenvalue weighted by Crippen LogP contribution is -2.40. The number of carbonyl (C=O) groups is 2. The molecule has 7 nitrogen and oxygen atoms in total. The molecule has 0 aliphatic heterocycles. The summed E-state index contributed by atoms with van der Waals surface area (Å²) >= 11 is 0. The molecular formula is C17H21N3O4. The first-order chi connectivity index (χ1) is 11.5. The zero-order valence-corrected chi connectivity index (χ0v) is 13.9.